The van der Waals surface area contributed by atoms with Gasteiger partial charge in [0.05, 0.1) is 21.6 Å². The van der Waals surface area contributed by atoms with E-state index in [9.17, 15) is 35.9 Å². The van der Waals surface area contributed by atoms with E-state index in [-0.39, 0.29) is 40.7 Å². The zero-order valence-electron chi connectivity index (χ0n) is 21.3. The fourth-order valence-electron chi connectivity index (χ4n) is 4.64. The van der Waals surface area contributed by atoms with Crippen LogP contribution in [-0.2, 0) is 23.6 Å². The van der Waals surface area contributed by atoms with Gasteiger partial charge in [-0.3, -0.25) is 9.59 Å². The number of benzene rings is 2. The average molecular weight is 596 g/mol. The molecular weight excluding hydrogens is 572 g/mol. The lowest BCUT2D eigenvalue weighted by atomic mass is 9.97. The predicted molar refractivity (Wildman–Crippen MR) is 139 cm³/mol. The van der Waals surface area contributed by atoms with Gasteiger partial charge in [0.1, 0.15) is 5.69 Å². The van der Waals surface area contributed by atoms with Crippen LogP contribution in [0.2, 0.25) is 0 Å². The molecule has 0 bridgehead atoms. The third-order valence-corrected chi connectivity index (χ3v) is 7.88. The summed E-state index contributed by atoms with van der Waals surface area (Å²) >= 11 is 1.33. The molecule has 1 saturated heterocycles. The molecule has 2 aromatic heterocycles. The van der Waals surface area contributed by atoms with Gasteiger partial charge in [-0.05, 0) is 55.2 Å². The number of amides is 2. The smallest absolute Gasteiger partial charge is 0.343 e. The van der Waals surface area contributed by atoms with E-state index in [1.54, 1.807) is 10.3 Å². The van der Waals surface area contributed by atoms with Gasteiger partial charge in [-0.1, -0.05) is 12.1 Å². The third kappa shape index (κ3) is 6.69. The molecule has 0 aliphatic carbocycles. The summed E-state index contributed by atoms with van der Waals surface area (Å²) in [6.45, 7) is 1.00. The molecule has 1 aliphatic rings. The summed E-state index contributed by atoms with van der Waals surface area (Å²) in [6.07, 6.45) is -7.17. The lowest BCUT2D eigenvalue weighted by Crippen LogP contribution is -2.38. The van der Waals surface area contributed by atoms with Crippen molar-refractivity contribution < 1.29 is 35.9 Å². The Morgan fingerprint density at radius 2 is 1.68 bits per heavy atom. The Kier molecular flexibility index (Phi) is 7.77. The molecule has 4 aromatic rings. The Morgan fingerprint density at radius 1 is 0.976 bits per heavy atom. The van der Waals surface area contributed by atoms with Gasteiger partial charge in [0.15, 0.2) is 0 Å². The zero-order chi connectivity index (χ0) is 29.4. The van der Waals surface area contributed by atoms with Crippen molar-refractivity contribution in [1.29, 1.82) is 0 Å². The summed E-state index contributed by atoms with van der Waals surface area (Å²) in [5, 5.41) is 5.00. The quantitative estimate of drug-likeness (QED) is 0.244. The van der Waals surface area contributed by atoms with Crippen LogP contribution in [0.15, 0.2) is 47.8 Å². The van der Waals surface area contributed by atoms with Crippen LogP contribution in [0, 0.1) is 0 Å². The van der Waals surface area contributed by atoms with Crippen LogP contribution in [0.5, 0.6) is 0 Å². The van der Waals surface area contributed by atoms with Gasteiger partial charge in [-0.15, -0.1) is 11.3 Å². The molecule has 7 nitrogen and oxygen atoms in total. The second-order valence-electron chi connectivity index (χ2n) is 9.69. The zero-order valence-corrected chi connectivity index (χ0v) is 22.1. The molecule has 1 fully saturated rings. The van der Waals surface area contributed by atoms with E-state index in [0.717, 1.165) is 17.1 Å². The van der Waals surface area contributed by atoms with Crippen LogP contribution < -0.4 is 5.32 Å². The molecule has 14 heteroatoms. The number of piperidine rings is 1. The molecule has 41 heavy (non-hydrogen) atoms. The van der Waals surface area contributed by atoms with Gasteiger partial charge < -0.3 is 15.2 Å². The Balaban J connectivity index is 1.12. The van der Waals surface area contributed by atoms with Crippen molar-refractivity contribution >= 4 is 39.9 Å². The second-order valence-corrected chi connectivity index (χ2v) is 10.6. The highest BCUT2D eigenvalue weighted by Gasteiger charge is 2.35. The number of alkyl halides is 6. The predicted octanol–water partition coefficient (Wildman–Crippen LogP) is 6.65. The van der Waals surface area contributed by atoms with Crippen molar-refractivity contribution in [3.63, 3.8) is 0 Å². The maximum absolute atomic E-state index is 12.9. The van der Waals surface area contributed by atoms with Gasteiger partial charge >= 0.3 is 12.4 Å². The van der Waals surface area contributed by atoms with Gasteiger partial charge in [0, 0.05) is 36.5 Å². The fraction of sp³-hybridized carbons (Fsp3) is 0.333. The van der Waals surface area contributed by atoms with Gasteiger partial charge in [0.25, 0.3) is 5.91 Å². The summed E-state index contributed by atoms with van der Waals surface area (Å²) in [5.74, 6) is -1.64. The van der Waals surface area contributed by atoms with E-state index in [0.29, 0.717) is 37.9 Å². The van der Waals surface area contributed by atoms with E-state index in [4.69, 9.17) is 0 Å². The lowest BCUT2D eigenvalue weighted by molar-refractivity contribution is -0.144. The first-order valence-electron chi connectivity index (χ1n) is 12.6. The molecule has 3 heterocycles. The highest BCUT2D eigenvalue weighted by Crippen LogP contribution is 2.32. The highest BCUT2D eigenvalue weighted by atomic mass is 32.1. The van der Waals surface area contributed by atoms with Crippen molar-refractivity contribution in [1.82, 2.24) is 19.9 Å². The minimum atomic E-state index is -4.61. The van der Waals surface area contributed by atoms with Crippen LogP contribution in [0.4, 0.5) is 32.0 Å². The molecule has 5 rings (SSSR count). The summed E-state index contributed by atoms with van der Waals surface area (Å²) in [4.78, 5) is 37.3. The number of H-pyrrole nitrogens is 1. The number of likely N-dealkylation sites (tertiary alicyclic amines) is 1. The van der Waals surface area contributed by atoms with Gasteiger partial charge in [-0.2, -0.15) is 26.3 Å². The van der Waals surface area contributed by atoms with E-state index >= 15 is 0 Å². The monoisotopic (exact) mass is 595 g/mol. The lowest BCUT2D eigenvalue weighted by Gasteiger charge is -2.31. The third-order valence-electron chi connectivity index (χ3n) is 6.87. The van der Waals surface area contributed by atoms with Crippen molar-refractivity contribution in [3.05, 3.63) is 75.5 Å². The number of anilines is 1. The van der Waals surface area contributed by atoms with Crippen molar-refractivity contribution in [2.75, 3.05) is 18.4 Å². The van der Waals surface area contributed by atoms with Crippen molar-refractivity contribution in [3.8, 4) is 0 Å². The number of fused-ring (bicyclic) bond motifs is 1. The summed E-state index contributed by atoms with van der Waals surface area (Å²) in [5.41, 5.74) is 0.644. The van der Waals surface area contributed by atoms with E-state index in [1.807, 2.05) is 0 Å². The van der Waals surface area contributed by atoms with E-state index in [1.165, 1.54) is 41.7 Å². The first-order valence-corrected chi connectivity index (χ1v) is 13.5. The Morgan fingerprint density at radius 3 is 2.34 bits per heavy atom. The number of imidazole rings is 1. The number of halogens is 6. The average Bonchev–Trinajstić information content (AvgIpc) is 3.59. The van der Waals surface area contributed by atoms with Crippen molar-refractivity contribution in [2.45, 2.75) is 44.0 Å². The molecule has 2 amide bonds. The number of thiazole rings is 1. The van der Waals surface area contributed by atoms with E-state index < -0.39 is 29.6 Å². The molecular formula is C27H23F6N5O2S. The Labute approximate surface area is 233 Å². The molecule has 0 spiro atoms. The van der Waals surface area contributed by atoms with Gasteiger partial charge in [-0.25, -0.2) is 9.97 Å². The van der Waals surface area contributed by atoms with Crippen molar-refractivity contribution in [2.24, 2.45) is 0 Å². The minimum absolute atomic E-state index is 0.0571. The molecule has 0 saturated carbocycles. The molecule has 0 atom stereocenters. The largest absolute Gasteiger partial charge is 0.449 e. The summed E-state index contributed by atoms with van der Waals surface area (Å²) in [6, 6.07) is 9.01. The SMILES string of the molecule is O=C(Nc1ccc2[nH]c(C(F)(F)F)nc2c1)c1csc(C2CCN(C(=O)CCc3ccc(C(F)(F)F)cc3)CC2)n1. The maximum atomic E-state index is 12.9. The summed E-state index contributed by atoms with van der Waals surface area (Å²) in [7, 11) is 0. The number of rotatable bonds is 6. The van der Waals surface area contributed by atoms with Crippen LogP contribution in [0.1, 0.15) is 57.6 Å². The first kappa shape index (κ1) is 28.6. The Hall–Kier alpha value is -3.94. The van der Waals surface area contributed by atoms with Crippen LogP contribution >= 0.6 is 11.3 Å². The number of hydrogen-bond acceptors (Lipinski definition) is 5. The Bertz CT molecular complexity index is 1550. The van der Waals surface area contributed by atoms with Gasteiger partial charge in [0.2, 0.25) is 11.7 Å². The normalized spacial score (nSPS) is 14.9. The topological polar surface area (TPSA) is 91.0 Å². The number of nitrogens with one attached hydrogen (secondary N) is 2. The summed E-state index contributed by atoms with van der Waals surface area (Å²) < 4.78 is 76.9. The highest BCUT2D eigenvalue weighted by molar-refractivity contribution is 7.10. The molecule has 1 aliphatic heterocycles. The minimum Gasteiger partial charge on any atom is -0.343 e. The second kappa shape index (κ2) is 11.1. The molecule has 0 radical (unpaired) electrons. The molecule has 216 valence electrons. The number of carbonyl (C=O) groups is 2. The molecule has 2 N–H and O–H groups in total. The van der Waals surface area contributed by atoms with Crippen LogP contribution in [0.3, 0.4) is 0 Å². The van der Waals surface area contributed by atoms with Crippen LogP contribution in [0.25, 0.3) is 11.0 Å². The van der Waals surface area contributed by atoms with E-state index in [2.05, 4.69) is 20.3 Å². The number of carbonyl (C=O) groups excluding carboxylic acids is 2. The number of aromatic nitrogens is 3. The number of nitrogens with zero attached hydrogens (tertiary/aromatic N) is 3. The first-order chi connectivity index (χ1) is 19.4. The molecule has 2 aromatic carbocycles. The number of hydrogen-bond donors (Lipinski definition) is 2. The fourth-order valence-corrected chi connectivity index (χ4v) is 5.61. The molecule has 0 unspecified atom stereocenters. The van der Waals surface area contributed by atoms with Crippen LogP contribution in [-0.4, -0.2) is 44.8 Å². The number of aryl methyl sites for hydroxylation is 1. The standard InChI is InChI=1S/C27H23F6N5O2S/c28-26(29,30)17-4-1-15(2-5-17)3-8-22(39)38-11-9-16(10-12-38)24-35-21(14-41-24)23(40)34-18-6-7-19-20(13-18)37-25(36-19)27(31,32)33/h1-2,4-7,13-14,16H,3,8-12H2,(H,34,40)(H,36,37). The maximum Gasteiger partial charge on any atom is 0.449 e. The number of aromatic amines is 1.